The average Bonchev–Trinajstić information content (AvgIpc) is 3.23. The van der Waals surface area contributed by atoms with E-state index in [2.05, 4.69) is 22.0 Å². The van der Waals surface area contributed by atoms with Gasteiger partial charge in [-0.1, -0.05) is 13.3 Å². The molecule has 3 rings (SSSR count). The zero-order valence-electron chi connectivity index (χ0n) is 16.7. The van der Waals surface area contributed by atoms with E-state index in [0.717, 1.165) is 65.0 Å². The van der Waals surface area contributed by atoms with Crippen LogP contribution in [0, 0.1) is 0 Å². The number of hydrogen-bond acceptors (Lipinski definition) is 6. The number of carbonyl (C=O) groups is 1. The molecular weight excluding hydrogens is 396 g/mol. The Labute approximate surface area is 172 Å². The van der Waals surface area contributed by atoms with Crippen molar-refractivity contribution in [3.8, 4) is 0 Å². The topological polar surface area (TPSA) is 73.0 Å². The fraction of sp³-hybridized carbons (Fsp3) is 0.737. The maximum Gasteiger partial charge on any atom is 0.262 e. The first-order valence-corrected chi connectivity index (χ1v) is 12.6. The molecule has 1 aromatic heterocycles. The summed E-state index contributed by atoms with van der Waals surface area (Å²) >= 11 is 1.20. The molecule has 28 heavy (non-hydrogen) atoms. The van der Waals surface area contributed by atoms with Crippen molar-refractivity contribution in [1.29, 1.82) is 0 Å². The van der Waals surface area contributed by atoms with Gasteiger partial charge in [-0.25, -0.2) is 8.42 Å². The molecule has 2 aliphatic heterocycles. The Morgan fingerprint density at radius 3 is 2.43 bits per heavy atom. The Morgan fingerprint density at radius 1 is 1.07 bits per heavy atom. The summed E-state index contributed by atoms with van der Waals surface area (Å²) in [7, 11) is -3.58. The van der Waals surface area contributed by atoms with E-state index >= 15 is 0 Å². The van der Waals surface area contributed by atoms with Gasteiger partial charge in [-0.3, -0.25) is 4.79 Å². The lowest BCUT2D eigenvalue weighted by atomic mass is 10.2. The van der Waals surface area contributed by atoms with Gasteiger partial charge in [0.15, 0.2) is 0 Å². The van der Waals surface area contributed by atoms with Crippen LogP contribution in [0.2, 0.25) is 0 Å². The molecule has 1 N–H and O–H groups in total. The van der Waals surface area contributed by atoms with Crippen LogP contribution in [-0.2, 0) is 10.0 Å². The van der Waals surface area contributed by atoms with E-state index in [-0.39, 0.29) is 10.8 Å². The first kappa shape index (κ1) is 21.7. The number of nitrogens with zero attached hydrogens (tertiary/aromatic N) is 3. The highest BCUT2D eigenvalue weighted by atomic mass is 32.2. The Bertz CT molecular complexity index is 736. The lowest BCUT2D eigenvalue weighted by Gasteiger charge is -2.33. The number of hydrogen-bond donors (Lipinski definition) is 1. The third-order valence-corrected chi connectivity index (χ3v) is 8.60. The summed E-state index contributed by atoms with van der Waals surface area (Å²) in [6.07, 6.45) is 3.71. The van der Waals surface area contributed by atoms with Crippen molar-refractivity contribution in [2.75, 3.05) is 58.9 Å². The Balaban J connectivity index is 1.48. The lowest BCUT2D eigenvalue weighted by Crippen LogP contribution is -2.46. The Hall–Kier alpha value is -1.00. The lowest BCUT2D eigenvalue weighted by molar-refractivity contribution is 0.0949. The molecule has 3 heterocycles. The van der Waals surface area contributed by atoms with Gasteiger partial charge in [0.05, 0.1) is 0 Å². The van der Waals surface area contributed by atoms with Crippen molar-refractivity contribution in [3.63, 3.8) is 0 Å². The molecule has 0 unspecified atom stereocenters. The number of piperidine rings is 1. The fourth-order valence-corrected chi connectivity index (χ4v) is 6.66. The predicted molar refractivity (Wildman–Crippen MR) is 112 cm³/mol. The second-order valence-electron chi connectivity index (χ2n) is 7.46. The minimum Gasteiger partial charge on any atom is -0.351 e. The highest BCUT2D eigenvalue weighted by Crippen LogP contribution is 2.27. The maximum absolute atomic E-state index is 12.9. The van der Waals surface area contributed by atoms with E-state index in [0.29, 0.717) is 24.5 Å². The van der Waals surface area contributed by atoms with Crippen molar-refractivity contribution in [2.45, 2.75) is 37.5 Å². The Kier molecular flexibility index (Phi) is 7.87. The smallest absolute Gasteiger partial charge is 0.262 e. The van der Waals surface area contributed by atoms with E-state index in [1.165, 1.54) is 15.6 Å². The SMILES string of the molecule is CCN1CCN(CCCNC(=O)c2sccc2S(=O)(=O)N2CCCCC2)CC1. The van der Waals surface area contributed by atoms with Gasteiger partial charge in [-0.05, 0) is 43.8 Å². The molecule has 0 radical (unpaired) electrons. The summed E-state index contributed by atoms with van der Waals surface area (Å²) in [6.45, 7) is 10.3. The van der Waals surface area contributed by atoms with Crippen LogP contribution in [-0.4, -0.2) is 87.3 Å². The highest BCUT2D eigenvalue weighted by molar-refractivity contribution is 7.89. The molecule has 1 amide bonds. The summed E-state index contributed by atoms with van der Waals surface area (Å²) in [6, 6.07) is 1.57. The highest BCUT2D eigenvalue weighted by Gasteiger charge is 2.30. The number of thiophene rings is 1. The van der Waals surface area contributed by atoms with Gasteiger partial charge in [0, 0.05) is 45.8 Å². The molecule has 7 nitrogen and oxygen atoms in total. The molecule has 158 valence electrons. The number of rotatable bonds is 8. The molecule has 0 atom stereocenters. The van der Waals surface area contributed by atoms with Crippen molar-refractivity contribution < 1.29 is 13.2 Å². The van der Waals surface area contributed by atoms with Gasteiger partial charge < -0.3 is 15.1 Å². The van der Waals surface area contributed by atoms with Crippen LogP contribution in [0.4, 0.5) is 0 Å². The minimum absolute atomic E-state index is 0.160. The number of sulfonamides is 1. The van der Waals surface area contributed by atoms with Gasteiger partial charge in [-0.15, -0.1) is 11.3 Å². The molecule has 0 bridgehead atoms. The van der Waals surface area contributed by atoms with E-state index in [1.807, 2.05) is 0 Å². The van der Waals surface area contributed by atoms with Gasteiger partial charge in [0.2, 0.25) is 10.0 Å². The standard InChI is InChI=1S/C19H32N4O3S2/c1-2-21-12-14-22(15-13-21)9-6-8-20-19(24)18-17(7-16-27-18)28(25,26)23-10-4-3-5-11-23/h7,16H,2-6,8-15H2,1H3,(H,20,24). The van der Waals surface area contributed by atoms with Crippen LogP contribution in [0.1, 0.15) is 42.3 Å². The summed E-state index contributed by atoms with van der Waals surface area (Å²) in [4.78, 5) is 17.9. The second kappa shape index (κ2) is 10.2. The van der Waals surface area contributed by atoms with E-state index < -0.39 is 10.0 Å². The molecular formula is C19H32N4O3S2. The van der Waals surface area contributed by atoms with Crippen LogP contribution >= 0.6 is 11.3 Å². The van der Waals surface area contributed by atoms with Gasteiger partial charge in [0.1, 0.15) is 9.77 Å². The van der Waals surface area contributed by atoms with Crippen LogP contribution in [0.3, 0.4) is 0 Å². The minimum atomic E-state index is -3.58. The van der Waals surface area contributed by atoms with Gasteiger partial charge in [0.25, 0.3) is 5.91 Å². The summed E-state index contributed by atoms with van der Waals surface area (Å²) in [5.41, 5.74) is 0. The maximum atomic E-state index is 12.9. The average molecular weight is 429 g/mol. The summed E-state index contributed by atoms with van der Waals surface area (Å²) < 4.78 is 27.3. The number of carbonyl (C=O) groups excluding carboxylic acids is 1. The Morgan fingerprint density at radius 2 is 1.75 bits per heavy atom. The van der Waals surface area contributed by atoms with E-state index in [1.54, 1.807) is 11.4 Å². The summed E-state index contributed by atoms with van der Waals surface area (Å²) in [5.74, 6) is -0.276. The van der Waals surface area contributed by atoms with Crippen LogP contribution < -0.4 is 5.32 Å². The molecule has 1 aromatic rings. The van der Waals surface area contributed by atoms with Crippen molar-refractivity contribution in [2.24, 2.45) is 0 Å². The van der Waals surface area contributed by atoms with E-state index in [4.69, 9.17) is 0 Å². The van der Waals surface area contributed by atoms with Crippen molar-refractivity contribution in [1.82, 2.24) is 19.4 Å². The number of nitrogens with one attached hydrogen (secondary N) is 1. The quantitative estimate of drug-likeness (QED) is 0.638. The zero-order chi connectivity index (χ0) is 20.0. The third kappa shape index (κ3) is 5.33. The monoisotopic (exact) mass is 428 g/mol. The second-order valence-corrected chi connectivity index (χ2v) is 10.3. The molecule has 0 aliphatic carbocycles. The third-order valence-electron chi connectivity index (χ3n) is 5.62. The van der Waals surface area contributed by atoms with Crippen molar-refractivity contribution in [3.05, 3.63) is 16.3 Å². The van der Waals surface area contributed by atoms with Crippen molar-refractivity contribution >= 4 is 27.3 Å². The van der Waals surface area contributed by atoms with E-state index in [9.17, 15) is 13.2 Å². The van der Waals surface area contributed by atoms with Gasteiger partial charge in [-0.2, -0.15) is 4.31 Å². The van der Waals surface area contributed by atoms with Crippen LogP contribution in [0.25, 0.3) is 0 Å². The molecule has 2 saturated heterocycles. The number of piperazine rings is 1. The fourth-order valence-electron chi connectivity index (χ4n) is 3.82. The molecule has 9 heteroatoms. The predicted octanol–water partition coefficient (Wildman–Crippen LogP) is 1.68. The molecule has 2 aliphatic rings. The van der Waals surface area contributed by atoms with Crippen LogP contribution in [0.5, 0.6) is 0 Å². The first-order valence-electron chi connectivity index (χ1n) is 10.3. The number of likely N-dealkylation sites (N-methyl/N-ethyl adjacent to an activating group) is 1. The van der Waals surface area contributed by atoms with Crippen LogP contribution in [0.15, 0.2) is 16.3 Å². The summed E-state index contributed by atoms with van der Waals surface area (Å²) in [5, 5.41) is 4.60. The molecule has 2 fully saturated rings. The van der Waals surface area contributed by atoms with Gasteiger partial charge >= 0.3 is 0 Å². The molecule has 0 saturated carbocycles. The molecule has 0 spiro atoms. The molecule has 0 aromatic carbocycles. The normalized spacial score (nSPS) is 20.3. The zero-order valence-corrected chi connectivity index (χ0v) is 18.4. The number of amides is 1. The first-order chi connectivity index (χ1) is 13.5. The largest absolute Gasteiger partial charge is 0.351 e.